The molecule has 60 valence electrons. The first-order valence-corrected chi connectivity index (χ1v) is 3.48. The van der Waals surface area contributed by atoms with E-state index in [0.717, 1.165) is 5.56 Å². The molecule has 0 saturated carbocycles. The van der Waals surface area contributed by atoms with E-state index < -0.39 is 5.97 Å². The molecule has 1 aromatic rings. The molecule has 0 unspecified atom stereocenters. The number of ether oxygens (including phenoxy) is 1. The summed E-state index contributed by atoms with van der Waals surface area (Å²) in [6, 6.07) is 7.12. The molecule has 0 aliphatic heterocycles. The van der Waals surface area contributed by atoms with Crippen molar-refractivity contribution in [2.24, 2.45) is 0 Å². The zero-order valence-corrected chi connectivity index (χ0v) is 6.70. The number of carbonyl (C=O) groups is 1. The second-order valence-electron chi connectivity index (χ2n) is 2.32. The van der Waals surface area contributed by atoms with Crippen LogP contribution < -0.4 is 0 Å². The normalized spacial score (nSPS) is 8.67. The maximum atomic E-state index is 11.1. The van der Waals surface area contributed by atoms with Crippen LogP contribution in [0.5, 0.6) is 0 Å². The number of carbonyl (C=O) groups excluding carboxylic acids is 1. The van der Waals surface area contributed by atoms with Gasteiger partial charge >= 0.3 is 5.97 Å². The second kappa shape index (κ2) is 3.59. The van der Waals surface area contributed by atoms with Crippen molar-refractivity contribution in [3.63, 3.8) is 0 Å². The Balaban J connectivity index is 2.97. The fourth-order valence-corrected chi connectivity index (χ4v) is 0.910. The highest BCUT2D eigenvalue weighted by Crippen LogP contribution is 2.07. The molecule has 0 amide bonds. The Bertz CT molecular complexity index is 334. The Labute approximate surface area is 71.2 Å². The zero-order valence-electron chi connectivity index (χ0n) is 6.70. The summed E-state index contributed by atoms with van der Waals surface area (Å²) in [5.74, 6) is -0.476. The van der Waals surface area contributed by atoms with E-state index in [-0.39, 0.29) is 0 Å². The van der Waals surface area contributed by atoms with Crippen molar-refractivity contribution in [3.8, 4) is 12.5 Å². The van der Waals surface area contributed by atoms with Gasteiger partial charge in [-0.05, 0) is 18.6 Å². The molecule has 0 saturated heterocycles. The van der Waals surface area contributed by atoms with E-state index >= 15 is 0 Å². The molecule has 0 heterocycles. The number of hydrogen-bond donors (Lipinski definition) is 0. The number of benzene rings is 1. The van der Waals surface area contributed by atoms with Crippen molar-refractivity contribution in [3.05, 3.63) is 35.4 Å². The molecule has 0 atom stereocenters. The van der Waals surface area contributed by atoms with E-state index in [0.29, 0.717) is 5.56 Å². The van der Waals surface area contributed by atoms with Gasteiger partial charge in [0.1, 0.15) is 6.11 Å². The van der Waals surface area contributed by atoms with Gasteiger partial charge in [0.15, 0.2) is 0 Å². The fourth-order valence-electron chi connectivity index (χ4n) is 0.910. The lowest BCUT2D eigenvalue weighted by Crippen LogP contribution is -2.02. The molecular weight excluding hydrogens is 152 g/mol. The highest BCUT2D eigenvalue weighted by Gasteiger charge is 2.07. The van der Waals surface area contributed by atoms with Crippen LogP contribution in [0.25, 0.3) is 0 Å². The summed E-state index contributed by atoms with van der Waals surface area (Å²) < 4.78 is 4.40. The highest BCUT2D eigenvalue weighted by atomic mass is 16.5. The summed E-state index contributed by atoms with van der Waals surface area (Å²) in [6.45, 7) is 1.83. The molecule has 0 spiro atoms. The van der Waals surface area contributed by atoms with Crippen LogP contribution in [0, 0.1) is 19.5 Å². The molecule has 1 aromatic carbocycles. The molecule has 0 fully saturated rings. The Morgan fingerprint density at radius 1 is 1.50 bits per heavy atom. The molecule has 1 rings (SSSR count). The van der Waals surface area contributed by atoms with Gasteiger partial charge in [0.25, 0.3) is 0 Å². The van der Waals surface area contributed by atoms with Gasteiger partial charge < -0.3 is 4.74 Å². The van der Waals surface area contributed by atoms with Crippen LogP contribution in [0.15, 0.2) is 24.3 Å². The van der Waals surface area contributed by atoms with Crippen molar-refractivity contribution in [1.82, 2.24) is 0 Å². The average Bonchev–Trinajstić information content (AvgIpc) is 2.05. The minimum Gasteiger partial charge on any atom is -0.369 e. The van der Waals surface area contributed by atoms with Crippen molar-refractivity contribution in [2.45, 2.75) is 6.92 Å². The number of rotatable bonds is 1. The topological polar surface area (TPSA) is 26.3 Å². The molecule has 2 heteroatoms. The van der Waals surface area contributed by atoms with E-state index in [1.54, 1.807) is 12.1 Å². The third kappa shape index (κ3) is 1.64. The van der Waals surface area contributed by atoms with Gasteiger partial charge in [0.05, 0.1) is 5.56 Å². The summed E-state index contributed by atoms with van der Waals surface area (Å²) in [5, 5.41) is 0. The largest absolute Gasteiger partial charge is 0.369 e. The molecule has 0 bridgehead atoms. The van der Waals surface area contributed by atoms with Gasteiger partial charge in [0.2, 0.25) is 0 Å². The van der Waals surface area contributed by atoms with E-state index in [1.165, 1.54) is 0 Å². The van der Waals surface area contributed by atoms with Gasteiger partial charge in [0, 0.05) is 0 Å². The Morgan fingerprint density at radius 2 is 2.17 bits per heavy atom. The molecule has 0 N–H and O–H groups in total. The standard InChI is InChI=1S/C10H8O2/c1-3-12-10(11)9-7-5-4-6-8(9)2/h1,4-7H,2H3. The number of esters is 1. The Morgan fingerprint density at radius 3 is 2.75 bits per heavy atom. The maximum absolute atomic E-state index is 11.1. The van der Waals surface area contributed by atoms with Crippen molar-refractivity contribution >= 4 is 5.97 Å². The lowest BCUT2D eigenvalue weighted by Gasteiger charge is -1.99. The number of hydrogen-bond acceptors (Lipinski definition) is 2. The van der Waals surface area contributed by atoms with Gasteiger partial charge in [-0.15, -0.1) is 0 Å². The summed E-state index contributed by atoms with van der Waals surface area (Å²) in [5.41, 5.74) is 1.37. The maximum Gasteiger partial charge on any atom is 0.352 e. The van der Waals surface area contributed by atoms with Crippen LogP contribution >= 0.6 is 0 Å². The lowest BCUT2D eigenvalue weighted by atomic mass is 10.1. The molecule has 0 aliphatic carbocycles. The van der Waals surface area contributed by atoms with Crippen LogP contribution in [0.1, 0.15) is 15.9 Å². The minimum absolute atomic E-state index is 0.476. The van der Waals surface area contributed by atoms with E-state index in [9.17, 15) is 4.79 Å². The molecule has 0 radical (unpaired) electrons. The number of aryl methyl sites for hydroxylation is 1. The molecule has 12 heavy (non-hydrogen) atoms. The Hall–Kier alpha value is -1.75. The summed E-state index contributed by atoms with van der Waals surface area (Å²) in [4.78, 5) is 11.1. The SMILES string of the molecule is C#COC(=O)c1ccccc1C. The van der Waals surface area contributed by atoms with Gasteiger partial charge in [-0.25, -0.2) is 4.79 Å². The van der Waals surface area contributed by atoms with E-state index in [1.807, 2.05) is 25.2 Å². The first kappa shape index (κ1) is 8.35. The monoisotopic (exact) mass is 160 g/mol. The van der Waals surface area contributed by atoms with Crippen molar-refractivity contribution in [1.29, 1.82) is 0 Å². The third-order valence-electron chi connectivity index (χ3n) is 1.52. The first-order valence-electron chi connectivity index (χ1n) is 3.48. The van der Waals surface area contributed by atoms with Crippen molar-refractivity contribution < 1.29 is 9.53 Å². The number of terminal acetylenes is 1. The van der Waals surface area contributed by atoms with Crippen molar-refractivity contribution in [2.75, 3.05) is 0 Å². The van der Waals surface area contributed by atoms with Gasteiger partial charge in [-0.3, -0.25) is 0 Å². The molecule has 0 aromatic heterocycles. The summed E-state index contributed by atoms with van der Waals surface area (Å²) >= 11 is 0. The Kier molecular flexibility index (Phi) is 2.49. The quantitative estimate of drug-likeness (QED) is 0.462. The van der Waals surface area contributed by atoms with Crippen LogP contribution in [0.2, 0.25) is 0 Å². The predicted molar refractivity (Wildman–Crippen MR) is 45.4 cm³/mol. The summed E-state index contributed by atoms with van der Waals surface area (Å²) in [7, 11) is 0. The molecule has 2 nitrogen and oxygen atoms in total. The van der Waals surface area contributed by atoms with Crippen LogP contribution in [-0.4, -0.2) is 5.97 Å². The molecule has 0 aliphatic rings. The highest BCUT2D eigenvalue weighted by molar-refractivity contribution is 5.91. The lowest BCUT2D eigenvalue weighted by molar-refractivity contribution is 0.0690. The molecular formula is C10H8O2. The summed E-state index contributed by atoms with van der Waals surface area (Å²) in [6.07, 6.45) is 6.67. The predicted octanol–water partition coefficient (Wildman–Crippen LogP) is 1.74. The van der Waals surface area contributed by atoms with Gasteiger partial charge in [-0.2, -0.15) is 0 Å². The minimum atomic E-state index is -0.476. The zero-order chi connectivity index (χ0) is 8.97. The second-order valence-corrected chi connectivity index (χ2v) is 2.32. The van der Waals surface area contributed by atoms with Crippen LogP contribution in [-0.2, 0) is 4.74 Å². The van der Waals surface area contributed by atoms with E-state index in [2.05, 4.69) is 4.74 Å². The van der Waals surface area contributed by atoms with E-state index in [4.69, 9.17) is 6.42 Å². The smallest absolute Gasteiger partial charge is 0.352 e. The third-order valence-corrected chi connectivity index (χ3v) is 1.52. The fraction of sp³-hybridized carbons (Fsp3) is 0.100. The average molecular weight is 160 g/mol. The van der Waals surface area contributed by atoms with Crippen LogP contribution in [0.4, 0.5) is 0 Å². The first-order chi connectivity index (χ1) is 5.75. The van der Waals surface area contributed by atoms with Gasteiger partial charge in [-0.1, -0.05) is 24.6 Å². The van der Waals surface area contributed by atoms with Crippen LogP contribution in [0.3, 0.4) is 0 Å².